The van der Waals surface area contributed by atoms with E-state index in [0.29, 0.717) is 43.8 Å². The lowest BCUT2D eigenvalue weighted by atomic mass is 9.94. The first-order valence-corrected chi connectivity index (χ1v) is 24.5. The lowest BCUT2D eigenvalue weighted by Crippen LogP contribution is -2.37. The summed E-state index contributed by atoms with van der Waals surface area (Å²) in [5.74, 6) is 1.59. The fourth-order valence-electron chi connectivity index (χ4n) is 7.86. The summed E-state index contributed by atoms with van der Waals surface area (Å²) in [7, 11) is 0. The fourth-order valence-corrected chi connectivity index (χ4v) is 7.86. The van der Waals surface area contributed by atoms with Gasteiger partial charge in [-0.05, 0) is 87.5 Å². The first-order chi connectivity index (χ1) is 28.5. The van der Waals surface area contributed by atoms with E-state index in [0.717, 1.165) is 97.4 Å². The molecule has 1 fully saturated rings. The van der Waals surface area contributed by atoms with E-state index >= 15 is 0 Å². The van der Waals surface area contributed by atoms with E-state index in [1.165, 1.54) is 122 Å². The van der Waals surface area contributed by atoms with E-state index in [2.05, 4.69) is 49.4 Å². The summed E-state index contributed by atoms with van der Waals surface area (Å²) in [5, 5.41) is 0. The molecule has 0 aromatic carbocycles. The molecule has 1 aliphatic rings. The van der Waals surface area contributed by atoms with Gasteiger partial charge in [0.05, 0.1) is 26.4 Å². The van der Waals surface area contributed by atoms with Crippen LogP contribution in [0.4, 0.5) is 0 Å². The quantitative estimate of drug-likeness (QED) is 0.0346. The van der Waals surface area contributed by atoms with Crippen molar-refractivity contribution in [2.24, 2.45) is 17.8 Å². The molecule has 0 spiro atoms. The van der Waals surface area contributed by atoms with Crippen LogP contribution in [0.1, 0.15) is 207 Å². The summed E-state index contributed by atoms with van der Waals surface area (Å²) in [5.41, 5.74) is 8.41. The lowest BCUT2D eigenvalue weighted by Gasteiger charge is -2.26. The monoisotopic (exact) mass is 814 g/mol. The Bertz CT molecular complexity index is 1070. The zero-order valence-electron chi connectivity index (χ0n) is 38.3. The number of rotatable bonds is 41. The van der Waals surface area contributed by atoms with Crippen molar-refractivity contribution in [1.29, 1.82) is 0 Å². The molecule has 7 nitrogen and oxygen atoms in total. The first-order valence-electron chi connectivity index (χ1n) is 24.5. The highest BCUT2D eigenvalue weighted by Crippen LogP contribution is 2.21. The highest BCUT2D eigenvalue weighted by Gasteiger charge is 2.13. The van der Waals surface area contributed by atoms with Crippen molar-refractivity contribution in [3.05, 3.63) is 29.8 Å². The molecule has 1 rings (SSSR count). The van der Waals surface area contributed by atoms with Crippen LogP contribution in [0.5, 0.6) is 0 Å². The van der Waals surface area contributed by atoms with Crippen LogP contribution in [-0.2, 0) is 28.5 Å². The minimum Gasteiger partial charge on any atom is -0.466 e. The molecule has 58 heavy (non-hydrogen) atoms. The van der Waals surface area contributed by atoms with Gasteiger partial charge in [-0.1, -0.05) is 154 Å². The van der Waals surface area contributed by atoms with Crippen LogP contribution in [0, 0.1) is 17.8 Å². The molecule has 336 valence electrons. The molecule has 0 saturated carbocycles. The van der Waals surface area contributed by atoms with Gasteiger partial charge in [0.25, 0.3) is 0 Å². The second-order valence-corrected chi connectivity index (χ2v) is 17.3. The van der Waals surface area contributed by atoms with Crippen molar-refractivity contribution >= 4 is 11.9 Å². The summed E-state index contributed by atoms with van der Waals surface area (Å²) in [6.45, 7) is 18.0. The Morgan fingerprint density at radius 1 is 0.638 bits per heavy atom. The smallest absolute Gasteiger partial charge is 0.305 e. The van der Waals surface area contributed by atoms with E-state index in [1.54, 1.807) is 0 Å². The summed E-state index contributed by atoms with van der Waals surface area (Å²) < 4.78 is 22.8. The molecule has 0 bridgehead atoms. The molecule has 0 aromatic rings. The number of allylic oxidation sites excluding steroid dienone is 1. The highest BCUT2D eigenvalue weighted by atomic mass is 16.5. The summed E-state index contributed by atoms with van der Waals surface area (Å²) in [6.07, 6.45) is 35.1. The third kappa shape index (κ3) is 35.8. The van der Waals surface area contributed by atoms with E-state index in [9.17, 15) is 9.59 Å². The van der Waals surface area contributed by atoms with E-state index < -0.39 is 0 Å². The number of hydrogen-bond acceptors (Lipinski definition) is 7. The van der Waals surface area contributed by atoms with Crippen molar-refractivity contribution in [1.82, 2.24) is 4.90 Å². The molecule has 1 heterocycles. The average Bonchev–Trinajstić information content (AvgIpc) is 3.22. The Balaban J connectivity index is 2.19. The van der Waals surface area contributed by atoms with Gasteiger partial charge in [-0.3, -0.25) is 14.5 Å². The summed E-state index contributed by atoms with van der Waals surface area (Å²) >= 11 is 0. The van der Waals surface area contributed by atoms with Gasteiger partial charge in [0.15, 0.2) is 0 Å². The third-order valence-corrected chi connectivity index (χ3v) is 11.8. The second-order valence-electron chi connectivity index (χ2n) is 17.3. The molecule has 7 heteroatoms. The Hall–Kier alpha value is -2.10. The molecule has 0 aromatic heterocycles. The maximum atomic E-state index is 12.3. The SMILES string of the molecule is C=C=C=C=CC(CCCCC)CCOC(=O)CCCCCCCCCC(CCCCCCCCCC(=O)OCCC(C)CCCCC)COCCCN1CCOCC1. The van der Waals surface area contributed by atoms with Crippen LogP contribution in [0.15, 0.2) is 29.8 Å². The summed E-state index contributed by atoms with van der Waals surface area (Å²) in [6, 6.07) is 0. The van der Waals surface area contributed by atoms with Crippen molar-refractivity contribution in [2.75, 3.05) is 59.3 Å². The molecule has 0 radical (unpaired) electrons. The molecule has 0 N–H and O–H groups in total. The van der Waals surface area contributed by atoms with Crippen molar-refractivity contribution < 1.29 is 28.5 Å². The van der Waals surface area contributed by atoms with Gasteiger partial charge < -0.3 is 18.9 Å². The van der Waals surface area contributed by atoms with Crippen LogP contribution in [-0.4, -0.2) is 76.1 Å². The predicted molar refractivity (Wildman–Crippen MR) is 242 cm³/mol. The first kappa shape index (κ1) is 53.9. The van der Waals surface area contributed by atoms with Gasteiger partial charge in [0.1, 0.15) is 0 Å². The predicted octanol–water partition coefficient (Wildman–Crippen LogP) is 13.3. The third-order valence-electron chi connectivity index (χ3n) is 11.8. The fraction of sp³-hybridized carbons (Fsp3) is 0.863. The minimum atomic E-state index is -0.0604. The molecule has 3 unspecified atom stereocenters. The Labute approximate surface area is 358 Å². The molecule has 1 saturated heterocycles. The molecule has 0 aliphatic carbocycles. The zero-order valence-corrected chi connectivity index (χ0v) is 38.3. The van der Waals surface area contributed by atoms with Crippen LogP contribution in [0.2, 0.25) is 0 Å². The standard InChI is InChI=1S/C51H91NO6/c1-5-8-21-29-47(4)36-42-57-50(53)34-26-19-15-11-13-17-24-32-49(46-56-41-28-38-52-39-44-55-45-40-52)33-25-18-14-12-16-20-27-35-51(54)58-43-37-48(30-22-9-6-2)31-23-10-7-3/h30,47-49H,2,5,7-8,10-21,23-29,31-46H2,1,3-4H3. The van der Waals surface area contributed by atoms with E-state index in [4.69, 9.17) is 18.9 Å². The van der Waals surface area contributed by atoms with Gasteiger partial charge in [-0.15, -0.1) is 0 Å². The molecular formula is C51H91NO6. The van der Waals surface area contributed by atoms with Crippen LogP contribution < -0.4 is 0 Å². The minimum absolute atomic E-state index is 0.0115. The van der Waals surface area contributed by atoms with Gasteiger partial charge in [0, 0.05) is 45.7 Å². The highest BCUT2D eigenvalue weighted by molar-refractivity contribution is 5.69. The molecule has 1 aliphatic heterocycles. The zero-order chi connectivity index (χ0) is 42.0. The van der Waals surface area contributed by atoms with Crippen LogP contribution >= 0.6 is 0 Å². The van der Waals surface area contributed by atoms with Gasteiger partial charge in [-0.25, -0.2) is 0 Å². The maximum Gasteiger partial charge on any atom is 0.305 e. The number of carbonyl (C=O) groups excluding carboxylic acids is 2. The number of unbranched alkanes of at least 4 members (excludes halogenated alkanes) is 16. The van der Waals surface area contributed by atoms with Gasteiger partial charge in [-0.2, -0.15) is 0 Å². The van der Waals surface area contributed by atoms with Crippen molar-refractivity contribution in [3.63, 3.8) is 0 Å². The number of carbonyl (C=O) groups is 2. The van der Waals surface area contributed by atoms with Crippen LogP contribution in [0.25, 0.3) is 0 Å². The number of morpholine rings is 1. The number of ether oxygens (including phenoxy) is 4. The average molecular weight is 814 g/mol. The Morgan fingerprint density at radius 2 is 1.16 bits per heavy atom. The van der Waals surface area contributed by atoms with Gasteiger partial charge in [0.2, 0.25) is 0 Å². The topological polar surface area (TPSA) is 74.3 Å². The maximum absolute atomic E-state index is 12.3. The Morgan fingerprint density at radius 3 is 1.72 bits per heavy atom. The molecular weight excluding hydrogens is 723 g/mol. The van der Waals surface area contributed by atoms with Crippen molar-refractivity contribution in [3.8, 4) is 0 Å². The Kier molecular flexibility index (Phi) is 38.7. The lowest BCUT2D eigenvalue weighted by molar-refractivity contribution is -0.145. The second kappa shape index (κ2) is 41.6. The van der Waals surface area contributed by atoms with Crippen molar-refractivity contribution in [2.45, 2.75) is 207 Å². The number of esters is 2. The van der Waals surface area contributed by atoms with Crippen LogP contribution in [0.3, 0.4) is 0 Å². The number of nitrogens with zero attached hydrogens (tertiary/aromatic N) is 1. The normalized spacial score (nSPS) is 14.5. The summed E-state index contributed by atoms with van der Waals surface area (Å²) in [4.78, 5) is 26.9. The van der Waals surface area contributed by atoms with Gasteiger partial charge >= 0.3 is 11.9 Å². The number of hydrogen-bond donors (Lipinski definition) is 0. The van der Waals surface area contributed by atoms with E-state index in [1.807, 2.05) is 6.08 Å². The molecule has 3 atom stereocenters. The van der Waals surface area contributed by atoms with E-state index in [-0.39, 0.29) is 11.9 Å². The largest absolute Gasteiger partial charge is 0.466 e. The molecule has 0 amide bonds.